The van der Waals surface area contributed by atoms with Crippen molar-refractivity contribution in [2.45, 2.75) is 5.03 Å². The van der Waals surface area contributed by atoms with Crippen LogP contribution in [0.3, 0.4) is 0 Å². The first kappa shape index (κ1) is 13.3. The summed E-state index contributed by atoms with van der Waals surface area (Å²) in [6.07, 6.45) is 1.57. The first-order valence-corrected chi connectivity index (χ1v) is 7.89. The highest BCUT2D eigenvalue weighted by molar-refractivity contribution is 7.99. The molecule has 3 nitrogen and oxygen atoms in total. The third kappa shape index (κ3) is 2.91. The minimum absolute atomic E-state index is 0.288. The molecule has 0 fully saturated rings. The lowest BCUT2D eigenvalue weighted by Crippen LogP contribution is -2.02. The number of rotatable bonds is 5. The molecular weight excluding hydrogens is 295 g/mol. The molecule has 0 unspecified atom stereocenters. The van der Waals surface area contributed by atoms with Crippen LogP contribution >= 0.6 is 23.1 Å². The van der Waals surface area contributed by atoms with Crippen molar-refractivity contribution in [2.24, 2.45) is 0 Å². The summed E-state index contributed by atoms with van der Waals surface area (Å²) >= 11 is 3.18. The number of halogens is 1. The monoisotopic (exact) mass is 306 g/mol. The first-order chi connectivity index (χ1) is 9.84. The van der Waals surface area contributed by atoms with Crippen molar-refractivity contribution in [2.75, 3.05) is 12.4 Å². The van der Waals surface area contributed by atoms with E-state index >= 15 is 0 Å². The summed E-state index contributed by atoms with van der Waals surface area (Å²) in [6, 6.07) is 8.43. The second kappa shape index (κ2) is 6.19. The summed E-state index contributed by atoms with van der Waals surface area (Å²) in [5.41, 5.74) is 0. The largest absolute Gasteiger partial charge is 0.490 e. The van der Waals surface area contributed by atoms with Gasteiger partial charge in [-0.1, -0.05) is 12.1 Å². The van der Waals surface area contributed by atoms with Crippen molar-refractivity contribution < 1.29 is 9.13 Å². The summed E-state index contributed by atoms with van der Waals surface area (Å²) < 4.78 is 18.8. The van der Waals surface area contributed by atoms with Crippen LogP contribution in [-0.2, 0) is 0 Å². The van der Waals surface area contributed by atoms with Gasteiger partial charge in [0.2, 0.25) is 0 Å². The predicted octanol–water partition coefficient (Wildman–Crippen LogP) is 4.00. The SMILES string of the molecule is Fc1ccccc1OCCSc1ncnc2sccc12. The molecular formula is C14H11FN2OS2. The first-order valence-electron chi connectivity index (χ1n) is 6.03. The Bertz CT molecular complexity index is 717. The fraction of sp³-hybridized carbons (Fsp3) is 0.143. The molecule has 0 spiro atoms. The quantitative estimate of drug-likeness (QED) is 0.405. The number of benzene rings is 1. The van der Waals surface area contributed by atoms with Gasteiger partial charge in [-0.15, -0.1) is 23.1 Å². The van der Waals surface area contributed by atoms with Gasteiger partial charge in [0.1, 0.15) is 16.2 Å². The van der Waals surface area contributed by atoms with Crippen LogP contribution in [-0.4, -0.2) is 22.3 Å². The van der Waals surface area contributed by atoms with Gasteiger partial charge in [-0.2, -0.15) is 0 Å². The van der Waals surface area contributed by atoms with E-state index in [9.17, 15) is 4.39 Å². The Kier molecular flexibility index (Phi) is 4.13. The molecule has 0 aliphatic carbocycles. The molecule has 6 heteroatoms. The van der Waals surface area contributed by atoms with E-state index in [1.807, 2.05) is 11.4 Å². The number of hydrogen-bond acceptors (Lipinski definition) is 5. The minimum Gasteiger partial charge on any atom is -0.490 e. The van der Waals surface area contributed by atoms with Gasteiger partial charge in [-0.3, -0.25) is 0 Å². The van der Waals surface area contributed by atoms with Crippen molar-refractivity contribution in [1.82, 2.24) is 9.97 Å². The fourth-order valence-corrected chi connectivity index (χ4v) is 3.33. The number of fused-ring (bicyclic) bond motifs is 1. The maximum absolute atomic E-state index is 13.4. The van der Waals surface area contributed by atoms with E-state index in [0.717, 1.165) is 15.2 Å². The third-order valence-corrected chi connectivity index (χ3v) is 4.43. The maximum atomic E-state index is 13.4. The lowest BCUT2D eigenvalue weighted by atomic mass is 10.3. The second-order valence-corrected chi connectivity index (χ2v) is 5.92. The zero-order chi connectivity index (χ0) is 13.8. The molecule has 0 saturated carbocycles. The van der Waals surface area contributed by atoms with Gasteiger partial charge in [0.15, 0.2) is 11.6 Å². The van der Waals surface area contributed by atoms with Crippen LogP contribution in [0.15, 0.2) is 47.1 Å². The minimum atomic E-state index is -0.334. The highest BCUT2D eigenvalue weighted by Crippen LogP contribution is 2.27. The van der Waals surface area contributed by atoms with Gasteiger partial charge in [-0.05, 0) is 23.6 Å². The predicted molar refractivity (Wildman–Crippen MR) is 80.0 cm³/mol. The number of nitrogens with zero attached hydrogens (tertiary/aromatic N) is 2. The van der Waals surface area contributed by atoms with Gasteiger partial charge in [0, 0.05) is 11.1 Å². The van der Waals surface area contributed by atoms with E-state index < -0.39 is 0 Å². The fourth-order valence-electron chi connectivity index (χ4n) is 1.73. The average Bonchev–Trinajstić information content (AvgIpc) is 2.94. The van der Waals surface area contributed by atoms with E-state index in [-0.39, 0.29) is 11.6 Å². The molecule has 0 amide bonds. The van der Waals surface area contributed by atoms with Crippen LogP contribution in [0.4, 0.5) is 4.39 Å². The number of hydrogen-bond donors (Lipinski definition) is 0. The van der Waals surface area contributed by atoms with Crippen molar-refractivity contribution in [1.29, 1.82) is 0 Å². The number of aromatic nitrogens is 2. The van der Waals surface area contributed by atoms with E-state index in [0.29, 0.717) is 12.4 Å². The van der Waals surface area contributed by atoms with Crippen LogP contribution in [0.5, 0.6) is 5.75 Å². The van der Waals surface area contributed by atoms with Crippen LogP contribution in [0.25, 0.3) is 10.2 Å². The van der Waals surface area contributed by atoms with E-state index in [1.165, 1.54) is 6.07 Å². The van der Waals surface area contributed by atoms with Gasteiger partial charge >= 0.3 is 0 Å². The highest BCUT2D eigenvalue weighted by atomic mass is 32.2. The van der Waals surface area contributed by atoms with Gasteiger partial charge in [0.05, 0.1) is 6.61 Å². The molecule has 0 atom stereocenters. The van der Waals surface area contributed by atoms with Crippen LogP contribution in [0.2, 0.25) is 0 Å². The summed E-state index contributed by atoms with van der Waals surface area (Å²) in [5, 5.41) is 4.00. The van der Waals surface area contributed by atoms with Gasteiger partial charge in [-0.25, -0.2) is 14.4 Å². The smallest absolute Gasteiger partial charge is 0.165 e. The Balaban J connectivity index is 1.58. The molecule has 20 heavy (non-hydrogen) atoms. The topological polar surface area (TPSA) is 35.0 Å². The lowest BCUT2D eigenvalue weighted by molar-refractivity contribution is 0.325. The third-order valence-electron chi connectivity index (χ3n) is 2.64. The normalized spacial score (nSPS) is 10.8. The van der Waals surface area contributed by atoms with E-state index in [4.69, 9.17) is 4.74 Å². The number of thioether (sulfide) groups is 1. The number of para-hydroxylation sites is 1. The van der Waals surface area contributed by atoms with Crippen molar-refractivity contribution in [3.05, 3.63) is 47.9 Å². The molecule has 0 saturated heterocycles. The van der Waals surface area contributed by atoms with Crippen LogP contribution in [0.1, 0.15) is 0 Å². The highest BCUT2D eigenvalue weighted by Gasteiger charge is 2.06. The molecule has 3 aromatic rings. The lowest BCUT2D eigenvalue weighted by Gasteiger charge is -2.06. The Labute approximate surface area is 123 Å². The van der Waals surface area contributed by atoms with Crippen LogP contribution < -0.4 is 4.74 Å². The molecule has 0 bridgehead atoms. The summed E-state index contributed by atoms with van der Waals surface area (Å²) in [4.78, 5) is 9.46. The van der Waals surface area contributed by atoms with E-state index in [1.54, 1.807) is 47.6 Å². The maximum Gasteiger partial charge on any atom is 0.165 e. The summed E-state index contributed by atoms with van der Waals surface area (Å²) in [5.74, 6) is 0.659. The molecule has 0 aliphatic rings. The van der Waals surface area contributed by atoms with Crippen molar-refractivity contribution in [3.8, 4) is 5.75 Å². The molecule has 3 rings (SSSR count). The Morgan fingerprint density at radius 1 is 1.20 bits per heavy atom. The molecule has 0 N–H and O–H groups in total. The molecule has 102 valence electrons. The van der Waals surface area contributed by atoms with Gasteiger partial charge < -0.3 is 4.74 Å². The van der Waals surface area contributed by atoms with Crippen LogP contribution in [0, 0.1) is 5.82 Å². The molecule has 2 aromatic heterocycles. The molecule has 2 heterocycles. The zero-order valence-corrected chi connectivity index (χ0v) is 12.1. The van der Waals surface area contributed by atoms with Gasteiger partial charge in [0.25, 0.3) is 0 Å². The standard InChI is InChI=1S/C14H11FN2OS2/c15-11-3-1-2-4-12(11)18-6-8-20-14-10-5-7-19-13(10)16-9-17-14/h1-5,7,9H,6,8H2. The Morgan fingerprint density at radius 2 is 2.10 bits per heavy atom. The second-order valence-electron chi connectivity index (χ2n) is 3.95. The van der Waals surface area contributed by atoms with Crippen molar-refractivity contribution >= 4 is 33.3 Å². The summed E-state index contributed by atoms with van der Waals surface area (Å²) in [6.45, 7) is 0.432. The number of thiophene rings is 1. The molecule has 0 aliphatic heterocycles. The average molecular weight is 306 g/mol. The summed E-state index contributed by atoms with van der Waals surface area (Å²) in [7, 11) is 0. The van der Waals surface area contributed by atoms with Crippen molar-refractivity contribution in [3.63, 3.8) is 0 Å². The Hall–Kier alpha value is -1.66. The molecule has 1 aromatic carbocycles. The Morgan fingerprint density at radius 3 is 3.00 bits per heavy atom. The number of ether oxygens (including phenoxy) is 1. The van der Waals surface area contributed by atoms with E-state index in [2.05, 4.69) is 9.97 Å². The molecule has 0 radical (unpaired) electrons. The zero-order valence-electron chi connectivity index (χ0n) is 10.5.